The van der Waals surface area contributed by atoms with Crippen molar-refractivity contribution in [3.8, 4) is 6.07 Å². The van der Waals surface area contributed by atoms with Gasteiger partial charge in [0.15, 0.2) is 0 Å². The molecule has 0 aromatic heterocycles. The third kappa shape index (κ3) is 4.54. The van der Waals surface area contributed by atoms with Crippen LogP contribution in [0.1, 0.15) is 70.8 Å². The first-order chi connectivity index (χ1) is 14.8. The van der Waals surface area contributed by atoms with Gasteiger partial charge in [-0.15, -0.1) is 0 Å². The maximum absolute atomic E-state index is 13.2. The highest BCUT2D eigenvalue weighted by molar-refractivity contribution is 6.12. The van der Waals surface area contributed by atoms with Crippen LogP contribution in [0.15, 0.2) is 47.7 Å². The number of rotatable bonds is 6. The molecule has 1 amide bonds. The summed E-state index contributed by atoms with van der Waals surface area (Å²) >= 11 is 0. The fraction of sp³-hybridized carbons (Fsp3) is 0.346. The van der Waals surface area contributed by atoms with Crippen LogP contribution in [0.5, 0.6) is 0 Å². The minimum absolute atomic E-state index is 0.000363. The number of hydrogen-bond donors (Lipinski definition) is 2. The predicted octanol–water partition coefficient (Wildman–Crippen LogP) is 4.82. The molecule has 3 N–H and O–H groups in total. The first-order valence-electron chi connectivity index (χ1n) is 10.7. The van der Waals surface area contributed by atoms with Crippen molar-refractivity contribution in [3.05, 3.63) is 81.0 Å². The van der Waals surface area contributed by atoms with Crippen LogP contribution in [0.3, 0.4) is 0 Å². The van der Waals surface area contributed by atoms with Crippen LogP contribution in [0.25, 0.3) is 0 Å². The Hall–Kier alpha value is -3.39. The molecule has 3 rings (SSSR count). The molecule has 0 bridgehead atoms. The minimum Gasteiger partial charge on any atom is -0.402 e. The molecule has 0 spiro atoms. The van der Waals surface area contributed by atoms with E-state index < -0.39 is 0 Å². The van der Waals surface area contributed by atoms with E-state index in [1.807, 2.05) is 62.1 Å². The van der Waals surface area contributed by atoms with Gasteiger partial charge in [0.25, 0.3) is 5.91 Å². The Kier molecular flexibility index (Phi) is 6.60. The Morgan fingerprint density at radius 2 is 1.77 bits per heavy atom. The fourth-order valence-corrected chi connectivity index (χ4v) is 4.03. The SMILES string of the molecule is CCCC(N)=C(C)C(=N)c1cc(C(=O)N2CC(c3ccc(C#N)cc3)C2)c(C)cc1C. The average molecular weight is 415 g/mol. The monoisotopic (exact) mass is 414 g/mol. The van der Waals surface area contributed by atoms with Gasteiger partial charge in [0.05, 0.1) is 17.3 Å². The van der Waals surface area contributed by atoms with E-state index >= 15 is 0 Å². The molecule has 1 saturated heterocycles. The van der Waals surface area contributed by atoms with Gasteiger partial charge in [-0.2, -0.15) is 5.26 Å². The van der Waals surface area contributed by atoms with Crippen molar-refractivity contribution in [2.75, 3.05) is 13.1 Å². The molecule has 31 heavy (non-hydrogen) atoms. The van der Waals surface area contributed by atoms with Crippen molar-refractivity contribution in [1.29, 1.82) is 10.7 Å². The number of nitriles is 1. The Labute approximate surface area is 184 Å². The number of carbonyl (C=O) groups is 1. The first kappa shape index (κ1) is 22.3. The zero-order chi connectivity index (χ0) is 22.7. The summed E-state index contributed by atoms with van der Waals surface area (Å²) in [6.45, 7) is 9.18. The Morgan fingerprint density at radius 3 is 2.35 bits per heavy atom. The van der Waals surface area contributed by atoms with Gasteiger partial charge in [0.2, 0.25) is 0 Å². The van der Waals surface area contributed by atoms with Gasteiger partial charge in [0, 0.05) is 35.8 Å². The van der Waals surface area contributed by atoms with Gasteiger partial charge in [-0.05, 0) is 67.7 Å². The number of nitrogens with two attached hydrogens (primary N) is 1. The molecule has 1 aliphatic heterocycles. The number of amides is 1. The van der Waals surface area contributed by atoms with Gasteiger partial charge in [-0.1, -0.05) is 31.5 Å². The number of nitrogens with zero attached hydrogens (tertiary/aromatic N) is 2. The van der Waals surface area contributed by atoms with Crippen molar-refractivity contribution >= 4 is 11.6 Å². The number of likely N-dealkylation sites (tertiary alicyclic amines) is 1. The molecule has 0 aliphatic carbocycles. The predicted molar refractivity (Wildman–Crippen MR) is 124 cm³/mol. The van der Waals surface area contributed by atoms with Crippen molar-refractivity contribution in [2.24, 2.45) is 5.73 Å². The van der Waals surface area contributed by atoms with Crippen LogP contribution >= 0.6 is 0 Å². The summed E-state index contributed by atoms with van der Waals surface area (Å²) in [5.74, 6) is 0.291. The maximum Gasteiger partial charge on any atom is 0.254 e. The van der Waals surface area contributed by atoms with Crippen molar-refractivity contribution in [1.82, 2.24) is 4.90 Å². The van der Waals surface area contributed by atoms with Gasteiger partial charge in [-0.25, -0.2) is 0 Å². The Balaban J connectivity index is 1.79. The molecule has 160 valence electrons. The van der Waals surface area contributed by atoms with Gasteiger partial charge < -0.3 is 10.6 Å². The van der Waals surface area contributed by atoms with E-state index in [0.717, 1.165) is 46.4 Å². The molecule has 5 nitrogen and oxygen atoms in total. The summed E-state index contributed by atoms with van der Waals surface area (Å²) in [5, 5.41) is 17.6. The fourth-order valence-electron chi connectivity index (χ4n) is 4.03. The van der Waals surface area contributed by atoms with Gasteiger partial charge in [0.1, 0.15) is 0 Å². The number of carbonyl (C=O) groups excluding carboxylic acids is 1. The Bertz CT molecular complexity index is 1080. The lowest BCUT2D eigenvalue weighted by Gasteiger charge is -2.40. The lowest BCUT2D eigenvalue weighted by Crippen LogP contribution is -2.48. The quantitative estimate of drug-likeness (QED) is 0.664. The van der Waals surface area contributed by atoms with E-state index in [9.17, 15) is 4.79 Å². The van der Waals surface area contributed by atoms with Crippen LogP contribution in [-0.2, 0) is 0 Å². The number of hydrogen-bond acceptors (Lipinski definition) is 4. The molecular formula is C26H30N4O. The molecule has 2 aromatic rings. The lowest BCUT2D eigenvalue weighted by molar-refractivity contribution is 0.0601. The highest BCUT2D eigenvalue weighted by Crippen LogP contribution is 2.30. The highest BCUT2D eigenvalue weighted by atomic mass is 16.2. The van der Waals surface area contributed by atoms with Crippen LogP contribution in [0, 0.1) is 30.6 Å². The summed E-state index contributed by atoms with van der Waals surface area (Å²) in [6.07, 6.45) is 1.69. The third-order valence-electron chi connectivity index (χ3n) is 6.13. The third-order valence-corrected chi connectivity index (χ3v) is 6.13. The molecule has 0 atom stereocenters. The summed E-state index contributed by atoms with van der Waals surface area (Å²) in [5.41, 5.74) is 13.1. The van der Waals surface area contributed by atoms with Crippen molar-refractivity contribution in [2.45, 2.75) is 46.5 Å². The van der Waals surface area contributed by atoms with Crippen molar-refractivity contribution < 1.29 is 4.79 Å². The molecular weight excluding hydrogens is 384 g/mol. The molecule has 1 fully saturated rings. The largest absolute Gasteiger partial charge is 0.402 e. The van der Waals surface area contributed by atoms with E-state index in [1.165, 1.54) is 0 Å². The molecule has 1 heterocycles. The second kappa shape index (κ2) is 9.18. The van der Waals surface area contributed by atoms with E-state index in [4.69, 9.17) is 16.4 Å². The number of aryl methyl sites for hydroxylation is 2. The van der Waals surface area contributed by atoms with Crippen LogP contribution in [-0.4, -0.2) is 29.6 Å². The summed E-state index contributed by atoms with van der Waals surface area (Å²) in [6, 6.07) is 13.6. The standard InChI is InChI=1S/C26H30N4O/c1-5-6-24(28)18(4)25(29)22-12-23(17(3)11-16(22)2)26(31)30-14-21(15-30)20-9-7-19(13-27)8-10-20/h7-12,21,29H,5-6,14-15,28H2,1-4H3. The molecule has 5 heteroatoms. The zero-order valence-electron chi connectivity index (χ0n) is 18.7. The first-order valence-corrected chi connectivity index (χ1v) is 10.7. The lowest BCUT2D eigenvalue weighted by atomic mass is 9.88. The Morgan fingerprint density at radius 1 is 1.16 bits per heavy atom. The molecule has 0 radical (unpaired) electrons. The van der Waals surface area contributed by atoms with Gasteiger partial charge >= 0.3 is 0 Å². The topological polar surface area (TPSA) is 94.0 Å². The highest BCUT2D eigenvalue weighted by Gasteiger charge is 2.33. The number of benzene rings is 2. The molecule has 0 saturated carbocycles. The maximum atomic E-state index is 13.2. The number of nitrogens with one attached hydrogen (secondary N) is 1. The number of allylic oxidation sites excluding steroid dienone is 2. The zero-order valence-corrected chi connectivity index (χ0v) is 18.7. The second-order valence-electron chi connectivity index (χ2n) is 8.40. The summed E-state index contributed by atoms with van der Waals surface area (Å²) in [4.78, 5) is 15.0. The van der Waals surface area contributed by atoms with Gasteiger partial charge in [-0.3, -0.25) is 10.2 Å². The molecule has 1 aliphatic rings. The van der Waals surface area contributed by atoms with Crippen LogP contribution < -0.4 is 5.73 Å². The smallest absolute Gasteiger partial charge is 0.254 e. The van der Waals surface area contributed by atoms with E-state index in [1.54, 1.807) is 0 Å². The second-order valence-corrected chi connectivity index (χ2v) is 8.40. The van der Waals surface area contributed by atoms with E-state index in [-0.39, 0.29) is 5.91 Å². The summed E-state index contributed by atoms with van der Waals surface area (Å²) < 4.78 is 0. The van der Waals surface area contributed by atoms with Crippen LogP contribution in [0.4, 0.5) is 0 Å². The molecule has 0 unspecified atom stereocenters. The normalized spacial score (nSPS) is 14.5. The minimum atomic E-state index is -0.000363. The van der Waals surface area contributed by atoms with Crippen molar-refractivity contribution in [3.63, 3.8) is 0 Å². The van der Waals surface area contributed by atoms with E-state index in [0.29, 0.717) is 35.8 Å². The van der Waals surface area contributed by atoms with Crippen LogP contribution in [0.2, 0.25) is 0 Å². The van der Waals surface area contributed by atoms with E-state index in [2.05, 4.69) is 13.0 Å². The average Bonchev–Trinajstić information content (AvgIpc) is 2.72. The molecule has 2 aromatic carbocycles. The summed E-state index contributed by atoms with van der Waals surface area (Å²) in [7, 11) is 0.